The van der Waals surface area contributed by atoms with Crippen LogP contribution in [0.5, 0.6) is 0 Å². The Kier molecular flexibility index (Phi) is 10.1. The molecule has 0 N–H and O–H groups in total. The lowest BCUT2D eigenvalue weighted by molar-refractivity contribution is 1.07. The molecule has 9 aromatic carbocycles. The molecule has 0 atom stereocenters. The van der Waals surface area contributed by atoms with Gasteiger partial charge < -0.3 is 9.13 Å². The van der Waals surface area contributed by atoms with Gasteiger partial charge in [0.25, 0.3) is 0 Å². The molecule has 0 saturated heterocycles. The van der Waals surface area contributed by atoms with Crippen LogP contribution in [0.4, 0.5) is 5.69 Å². The zero-order chi connectivity index (χ0) is 48.1. The van der Waals surface area contributed by atoms with Crippen molar-refractivity contribution in [2.45, 2.75) is 0 Å². The fourth-order valence-electron chi connectivity index (χ4n) is 10.2. The quantitative estimate of drug-likeness (QED) is 0.142. The summed E-state index contributed by atoms with van der Waals surface area (Å²) in [7, 11) is 0. The lowest BCUT2D eigenvalue weighted by Crippen LogP contribution is -2.04. The van der Waals surface area contributed by atoms with E-state index in [9.17, 15) is 5.26 Å². The number of benzene rings is 9. The van der Waals surface area contributed by atoms with Crippen molar-refractivity contribution in [3.05, 3.63) is 248 Å². The second kappa shape index (κ2) is 17.4. The second-order valence-corrected chi connectivity index (χ2v) is 17.7. The molecule has 0 saturated carbocycles. The maximum atomic E-state index is 9.73. The van der Waals surface area contributed by atoms with Crippen molar-refractivity contribution in [1.29, 1.82) is 5.26 Å². The molecule has 4 heterocycles. The monoisotopic (exact) mass is 918 g/mol. The molecule has 0 bridgehead atoms. The van der Waals surface area contributed by atoms with Crippen LogP contribution in [-0.2, 0) is 0 Å². The second-order valence-electron chi connectivity index (χ2n) is 17.7. The Bertz CT molecular complexity index is 4310. The Morgan fingerprint density at radius 3 is 1.50 bits per heavy atom. The third-order valence-electron chi connectivity index (χ3n) is 13.5. The van der Waals surface area contributed by atoms with Gasteiger partial charge in [0.05, 0.1) is 51.6 Å². The van der Waals surface area contributed by atoms with Crippen LogP contribution in [0.1, 0.15) is 5.56 Å². The molecule has 0 spiro atoms. The van der Waals surface area contributed by atoms with E-state index in [0.29, 0.717) is 28.7 Å². The summed E-state index contributed by atoms with van der Waals surface area (Å²) in [5.74, 6) is 1.71. The maximum Gasteiger partial charge on any atom is 0.187 e. The van der Waals surface area contributed by atoms with E-state index in [2.05, 4.69) is 141 Å². The van der Waals surface area contributed by atoms with Crippen molar-refractivity contribution >= 4 is 49.3 Å². The average molecular weight is 919 g/mol. The topological polar surface area (TPSA) is 89.6 Å². The maximum absolute atomic E-state index is 9.73. The number of para-hydroxylation sites is 2. The summed E-state index contributed by atoms with van der Waals surface area (Å²) in [6.45, 7) is 7.71. The van der Waals surface area contributed by atoms with Gasteiger partial charge in [-0.15, -0.1) is 0 Å². The molecular weight excluding hydrogens is 881 g/mol. The van der Waals surface area contributed by atoms with E-state index in [4.69, 9.17) is 26.5 Å². The van der Waals surface area contributed by atoms with Gasteiger partial charge >= 0.3 is 0 Å². The van der Waals surface area contributed by atoms with E-state index >= 15 is 0 Å². The predicted molar refractivity (Wildman–Crippen MR) is 290 cm³/mol. The Labute approximate surface area is 414 Å². The van der Waals surface area contributed by atoms with Crippen LogP contribution in [0.25, 0.3) is 127 Å². The first-order valence-corrected chi connectivity index (χ1v) is 23.6. The minimum absolute atomic E-state index is 0.545. The molecule has 0 unspecified atom stereocenters. The largest absolute Gasteiger partial charge is 0.309 e. The zero-order valence-electron chi connectivity index (χ0n) is 38.5. The molecule has 334 valence electrons. The number of pyridine rings is 1. The third kappa shape index (κ3) is 7.15. The molecule has 13 rings (SSSR count). The lowest BCUT2D eigenvalue weighted by Gasteiger charge is -2.19. The minimum atomic E-state index is 0.545. The minimum Gasteiger partial charge on any atom is -0.309 e. The molecular formula is C64H38N8. The Morgan fingerprint density at radius 1 is 0.389 bits per heavy atom. The van der Waals surface area contributed by atoms with E-state index in [-0.39, 0.29) is 0 Å². The molecule has 4 aromatic heterocycles. The number of nitrogens with zero attached hydrogens (tertiary/aromatic N) is 8. The standard InChI is InChI=1S/C64H38N8/c1-66-49-21-13-20-45(35-49)47-28-31-59-54(37-47)51-23-9-11-25-57(51)72(59)61-38-48(64-69-62(42-15-4-2-5-16-42)68-63(70-64)43-17-6-3-7-18-43)26-29-52(61)55-40-67-33-32-60(55)71-56-24-10-8-22-50(56)53-36-46(27-30-58(53)71)44-19-12-14-41(34-44)39-65/h2-38,40H. The molecule has 0 fully saturated rings. The summed E-state index contributed by atoms with van der Waals surface area (Å²) in [4.78, 5) is 24.0. The number of fused-ring (bicyclic) bond motifs is 6. The summed E-state index contributed by atoms with van der Waals surface area (Å²) in [5.41, 5.74) is 15.8. The van der Waals surface area contributed by atoms with Gasteiger partial charge in [0.15, 0.2) is 23.2 Å². The number of hydrogen-bond donors (Lipinski definition) is 0. The first-order chi connectivity index (χ1) is 35.6. The molecule has 0 aliphatic rings. The van der Waals surface area contributed by atoms with Gasteiger partial charge in [-0.05, 0) is 89.0 Å². The fourth-order valence-corrected chi connectivity index (χ4v) is 10.2. The average Bonchev–Trinajstić information content (AvgIpc) is 3.97. The van der Waals surface area contributed by atoms with E-state index < -0.39 is 0 Å². The summed E-state index contributed by atoms with van der Waals surface area (Å²) in [6, 6.07) is 76.7. The van der Waals surface area contributed by atoms with Crippen LogP contribution < -0.4 is 0 Å². The van der Waals surface area contributed by atoms with Crippen molar-refractivity contribution in [1.82, 2.24) is 29.1 Å². The molecule has 8 nitrogen and oxygen atoms in total. The highest BCUT2D eigenvalue weighted by atomic mass is 15.0. The molecule has 8 heteroatoms. The van der Waals surface area contributed by atoms with Gasteiger partial charge in [-0.2, -0.15) is 5.26 Å². The third-order valence-corrected chi connectivity index (χ3v) is 13.5. The first-order valence-electron chi connectivity index (χ1n) is 23.6. The van der Waals surface area contributed by atoms with Crippen molar-refractivity contribution in [2.24, 2.45) is 0 Å². The predicted octanol–water partition coefficient (Wildman–Crippen LogP) is 15.9. The highest BCUT2D eigenvalue weighted by Gasteiger charge is 2.23. The normalized spacial score (nSPS) is 11.3. The van der Waals surface area contributed by atoms with Gasteiger partial charge in [-0.25, -0.2) is 19.8 Å². The molecule has 72 heavy (non-hydrogen) atoms. The molecule has 0 radical (unpaired) electrons. The highest BCUT2D eigenvalue weighted by molar-refractivity contribution is 6.13. The molecule has 0 amide bonds. The van der Waals surface area contributed by atoms with Gasteiger partial charge in [0.1, 0.15) is 0 Å². The summed E-state index contributed by atoms with van der Waals surface area (Å²) in [5, 5.41) is 14.1. The Balaban J connectivity index is 1.08. The molecule has 13 aromatic rings. The molecule has 0 aliphatic heterocycles. The van der Waals surface area contributed by atoms with Crippen LogP contribution in [0.15, 0.2) is 231 Å². The van der Waals surface area contributed by atoms with Crippen LogP contribution >= 0.6 is 0 Å². The van der Waals surface area contributed by atoms with Crippen LogP contribution in [0.2, 0.25) is 0 Å². The van der Waals surface area contributed by atoms with Gasteiger partial charge in [-0.1, -0.05) is 152 Å². The van der Waals surface area contributed by atoms with Gasteiger partial charge in [0.2, 0.25) is 0 Å². The van der Waals surface area contributed by atoms with E-state index in [1.54, 1.807) is 0 Å². The molecule has 0 aliphatic carbocycles. The number of nitriles is 1. The van der Waals surface area contributed by atoms with Crippen molar-refractivity contribution in [2.75, 3.05) is 0 Å². The smallest absolute Gasteiger partial charge is 0.187 e. The summed E-state index contributed by atoms with van der Waals surface area (Å²) >= 11 is 0. The van der Waals surface area contributed by atoms with Crippen LogP contribution in [0.3, 0.4) is 0 Å². The van der Waals surface area contributed by atoms with Crippen molar-refractivity contribution in [3.63, 3.8) is 0 Å². The number of hydrogen-bond acceptors (Lipinski definition) is 5. The van der Waals surface area contributed by atoms with E-state index in [1.165, 1.54) is 0 Å². The summed E-state index contributed by atoms with van der Waals surface area (Å²) < 4.78 is 4.69. The lowest BCUT2D eigenvalue weighted by atomic mass is 9.99. The van der Waals surface area contributed by atoms with Crippen molar-refractivity contribution in [3.8, 4) is 85.0 Å². The van der Waals surface area contributed by atoms with Crippen molar-refractivity contribution < 1.29 is 0 Å². The summed E-state index contributed by atoms with van der Waals surface area (Å²) in [6.07, 6.45) is 3.83. The van der Waals surface area contributed by atoms with Gasteiger partial charge in [-0.3, -0.25) is 4.98 Å². The van der Waals surface area contributed by atoms with E-state index in [0.717, 1.165) is 105 Å². The zero-order valence-corrected chi connectivity index (χ0v) is 38.5. The number of rotatable bonds is 8. The van der Waals surface area contributed by atoms with Crippen LogP contribution in [0, 0.1) is 17.9 Å². The van der Waals surface area contributed by atoms with Crippen LogP contribution in [-0.4, -0.2) is 29.1 Å². The SMILES string of the molecule is [C-]#[N+]c1cccc(-c2ccc3c(c2)c2ccccc2n3-c2cc(-c3nc(-c4ccccc4)nc(-c4ccccc4)n3)ccc2-c2cnccc2-n2c3ccccc3c3cc(-c4cccc(C#N)c4)ccc32)c1. The Hall–Kier alpha value is -10.3. The Morgan fingerprint density at radius 2 is 0.889 bits per heavy atom. The number of aromatic nitrogens is 6. The fraction of sp³-hybridized carbons (Fsp3) is 0. The highest BCUT2D eigenvalue weighted by Crippen LogP contribution is 2.43. The van der Waals surface area contributed by atoms with Gasteiger partial charge in [0, 0.05) is 61.8 Å². The first kappa shape index (κ1) is 41.9. The van der Waals surface area contributed by atoms with E-state index in [1.807, 2.05) is 109 Å².